The van der Waals surface area contributed by atoms with E-state index in [1.165, 1.54) is 21.4 Å². The van der Waals surface area contributed by atoms with E-state index in [9.17, 15) is 13.6 Å². The van der Waals surface area contributed by atoms with Crippen LogP contribution in [0.3, 0.4) is 0 Å². The van der Waals surface area contributed by atoms with Crippen LogP contribution in [0.15, 0.2) is 54.6 Å². The molecule has 1 atom stereocenters. The smallest absolute Gasteiger partial charge is 0.282 e. The van der Waals surface area contributed by atoms with Gasteiger partial charge in [0.1, 0.15) is 37.8 Å². The largest absolute Gasteiger partial charge is 0.322 e. The number of anilines is 1. The molecule has 1 amide bonds. The molecule has 1 saturated heterocycles. The maximum absolute atomic E-state index is 13.7. The zero-order chi connectivity index (χ0) is 19.9. The normalized spacial score (nSPS) is 20.8. The topological polar surface area (TPSA) is 38.0 Å². The summed E-state index contributed by atoms with van der Waals surface area (Å²) >= 11 is 0. The number of rotatable bonds is 6. The van der Waals surface area contributed by atoms with E-state index in [2.05, 4.69) is 29.6 Å². The zero-order valence-electron chi connectivity index (χ0n) is 16.1. The number of hydrogen-bond acceptors (Lipinski definition) is 1. The van der Waals surface area contributed by atoms with Crippen molar-refractivity contribution in [3.8, 4) is 0 Å². The van der Waals surface area contributed by atoms with E-state index in [-0.39, 0.29) is 17.6 Å². The van der Waals surface area contributed by atoms with Crippen LogP contribution in [0.2, 0.25) is 0 Å². The van der Waals surface area contributed by atoms with E-state index in [0.717, 1.165) is 44.9 Å². The van der Waals surface area contributed by atoms with Crippen LogP contribution in [0, 0.1) is 11.6 Å². The lowest BCUT2D eigenvalue weighted by Crippen LogP contribution is -3.29. The highest BCUT2D eigenvalue weighted by atomic mass is 19.1. The third-order valence-electron chi connectivity index (χ3n) is 5.31. The molecule has 28 heavy (non-hydrogen) atoms. The Balaban J connectivity index is 1.46. The Labute approximate surface area is 164 Å². The number of hydrogen-bond donors (Lipinski definition) is 3. The summed E-state index contributed by atoms with van der Waals surface area (Å²) in [6.07, 6.45) is 4.34. The Kier molecular flexibility index (Phi) is 6.90. The monoisotopic (exact) mass is 387 g/mol. The fraction of sp³-hybridized carbons (Fsp3) is 0.318. The molecule has 3 N–H and O–H groups in total. The molecule has 3 rings (SSSR count). The Hall–Kier alpha value is -2.57. The van der Waals surface area contributed by atoms with Gasteiger partial charge in [-0.05, 0) is 30.7 Å². The molecule has 2 aromatic rings. The van der Waals surface area contributed by atoms with Gasteiger partial charge in [-0.1, -0.05) is 36.4 Å². The van der Waals surface area contributed by atoms with Crippen molar-refractivity contribution in [2.75, 3.05) is 38.0 Å². The minimum absolute atomic E-state index is 0.0213. The first-order chi connectivity index (χ1) is 13.5. The summed E-state index contributed by atoms with van der Waals surface area (Å²) in [5.41, 5.74) is 1.22. The van der Waals surface area contributed by atoms with Gasteiger partial charge in [0.25, 0.3) is 5.91 Å². The highest BCUT2D eigenvalue weighted by molar-refractivity contribution is 5.93. The molecule has 6 heteroatoms. The SMILES string of the molecule is C[C@H](C(=O)Nc1ccc(F)cc1F)[NH+]1CC[NH+](C/C=C/c2ccccc2)CC1. The van der Waals surface area contributed by atoms with Crippen molar-refractivity contribution in [2.45, 2.75) is 13.0 Å². The van der Waals surface area contributed by atoms with Crippen LogP contribution in [0.1, 0.15) is 12.5 Å². The second-order valence-electron chi connectivity index (χ2n) is 7.26. The van der Waals surface area contributed by atoms with Crippen molar-refractivity contribution < 1.29 is 23.4 Å². The first-order valence-electron chi connectivity index (χ1n) is 9.68. The number of benzene rings is 2. The maximum Gasteiger partial charge on any atom is 0.282 e. The second-order valence-corrected chi connectivity index (χ2v) is 7.26. The van der Waals surface area contributed by atoms with Crippen LogP contribution < -0.4 is 15.1 Å². The highest BCUT2D eigenvalue weighted by Gasteiger charge is 2.30. The van der Waals surface area contributed by atoms with Crippen LogP contribution >= 0.6 is 0 Å². The molecule has 0 aliphatic carbocycles. The van der Waals surface area contributed by atoms with Crippen molar-refractivity contribution >= 4 is 17.7 Å². The molecule has 0 saturated carbocycles. The van der Waals surface area contributed by atoms with Crippen molar-refractivity contribution in [1.29, 1.82) is 0 Å². The van der Waals surface area contributed by atoms with Gasteiger partial charge >= 0.3 is 0 Å². The van der Waals surface area contributed by atoms with E-state index in [0.29, 0.717) is 0 Å². The van der Waals surface area contributed by atoms with Gasteiger partial charge < -0.3 is 15.1 Å². The highest BCUT2D eigenvalue weighted by Crippen LogP contribution is 2.14. The van der Waals surface area contributed by atoms with Crippen LogP contribution in [-0.4, -0.2) is 44.7 Å². The van der Waals surface area contributed by atoms with Gasteiger partial charge in [0, 0.05) is 6.07 Å². The predicted molar refractivity (Wildman–Crippen MR) is 106 cm³/mol. The van der Waals surface area contributed by atoms with Crippen LogP contribution in [0.25, 0.3) is 6.08 Å². The standard InChI is InChI=1S/C22H25F2N3O/c1-17(22(28)25-21-10-9-19(23)16-20(21)24)27-14-12-26(13-15-27)11-5-8-18-6-3-2-4-7-18/h2-10,16-17H,11-15H2,1H3,(H,25,28)/p+2/b8-5+/t17-/m1/s1. The fourth-order valence-corrected chi connectivity index (χ4v) is 3.50. The van der Waals surface area contributed by atoms with Crippen LogP contribution in [-0.2, 0) is 4.79 Å². The number of carbonyl (C=O) groups is 1. The number of nitrogens with one attached hydrogen (secondary N) is 3. The van der Waals surface area contributed by atoms with E-state index in [1.807, 2.05) is 25.1 Å². The molecule has 0 aromatic heterocycles. The summed E-state index contributed by atoms with van der Waals surface area (Å²) in [6, 6.07) is 13.1. The number of halogens is 2. The van der Waals surface area contributed by atoms with E-state index >= 15 is 0 Å². The Morgan fingerprint density at radius 3 is 2.50 bits per heavy atom. The van der Waals surface area contributed by atoms with E-state index < -0.39 is 11.6 Å². The molecular weight excluding hydrogens is 360 g/mol. The summed E-state index contributed by atoms with van der Waals surface area (Å²) in [6.45, 7) is 6.55. The average molecular weight is 387 g/mol. The molecule has 1 heterocycles. The quantitative estimate of drug-likeness (QED) is 0.674. The molecule has 4 nitrogen and oxygen atoms in total. The summed E-state index contributed by atoms with van der Waals surface area (Å²) < 4.78 is 26.7. The fourth-order valence-electron chi connectivity index (χ4n) is 3.50. The molecule has 0 bridgehead atoms. The number of piperazine rings is 1. The summed E-state index contributed by atoms with van der Waals surface area (Å²) in [5.74, 6) is -1.66. The summed E-state index contributed by atoms with van der Waals surface area (Å²) in [7, 11) is 0. The first kappa shape index (κ1) is 20.2. The summed E-state index contributed by atoms with van der Waals surface area (Å²) in [4.78, 5) is 15.1. The first-order valence-corrected chi connectivity index (χ1v) is 9.68. The van der Waals surface area contributed by atoms with Crippen molar-refractivity contribution in [1.82, 2.24) is 0 Å². The number of amides is 1. The Morgan fingerprint density at radius 2 is 1.82 bits per heavy atom. The molecular formula is C22H27F2N3O+2. The average Bonchev–Trinajstić information content (AvgIpc) is 2.71. The van der Waals surface area contributed by atoms with E-state index in [4.69, 9.17) is 0 Å². The molecule has 0 radical (unpaired) electrons. The molecule has 2 aromatic carbocycles. The van der Waals surface area contributed by atoms with Crippen molar-refractivity contribution in [2.24, 2.45) is 0 Å². The maximum atomic E-state index is 13.7. The van der Waals surface area contributed by atoms with E-state index in [1.54, 1.807) is 0 Å². The lowest BCUT2D eigenvalue weighted by atomic mass is 10.2. The molecule has 0 spiro atoms. The van der Waals surface area contributed by atoms with Gasteiger partial charge in [-0.15, -0.1) is 0 Å². The molecule has 1 aliphatic rings. The van der Waals surface area contributed by atoms with Gasteiger partial charge in [0.05, 0.1) is 12.2 Å². The Bertz CT molecular complexity index is 818. The minimum Gasteiger partial charge on any atom is -0.322 e. The van der Waals surface area contributed by atoms with Gasteiger partial charge in [-0.25, -0.2) is 8.78 Å². The molecule has 148 valence electrons. The predicted octanol–water partition coefficient (Wildman–Crippen LogP) is 0.789. The van der Waals surface area contributed by atoms with Gasteiger partial charge in [-0.3, -0.25) is 4.79 Å². The van der Waals surface area contributed by atoms with Crippen LogP contribution in [0.5, 0.6) is 0 Å². The molecule has 1 aliphatic heterocycles. The zero-order valence-corrected chi connectivity index (χ0v) is 16.1. The summed E-state index contributed by atoms with van der Waals surface area (Å²) in [5, 5.41) is 2.58. The van der Waals surface area contributed by atoms with Crippen molar-refractivity contribution in [3.63, 3.8) is 0 Å². The third kappa shape index (κ3) is 5.47. The number of carbonyl (C=O) groups excluding carboxylic acids is 1. The van der Waals surface area contributed by atoms with Gasteiger partial charge in [0.15, 0.2) is 6.04 Å². The number of quaternary nitrogens is 2. The lowest BCUT2D eigenvalue weighted by Gasteiger charge is -2.32. The van der Waals surface area contributed by atoms with Crippen LogP contribution in [0.4, 0.5) is 14.5 Å². The minimum atomic E-state index is -0.755. The van der Waals surface area contributed by atoms with Gasteiger partial charge in [-0.2, -0.15) is 0 Å². The third-order valence-corrected chi connectivity index (χ3v) is 5.31. The molecule has 1 fully saturated rings. The Morgan fingerprint density at radius 1 is 1.11 bits per heavy atom. The van der Waals surface area contributed by atoms with Crippen molar-refractivity contribution in [3.05, 3.63) is 71.8 Å². The van der Waals surface area contributed by atoms with Gasteiger partial charge in [0.2, 0.25) is 0 Å². The lowest BCUT2D eigenvalue weighted by molar-refractivity contribution is -1.02. The second kappa shape index (κ2) is 9.57. The molecule has 0 unspecified atom stereocenters.